The third-order valence-electron chi connectivity index (χ3n) is 2.10. The van der Waals surface area contributed by atoms with E-state index in [2.05, 4.69) is 10.3 Å². The minimum atomic E-state index is 0.441. The predicted molar refractivity (Wildman–Crippen MR) is 75.0 cm³/mol. The number of methoxy groups -OCH3 is 1. The third kappa shape index (κ3) is 2.77. The first-order valence-electron chi connectivity index (χ1n) is 4.80. The van der Waals surface area contributed by atoms with Crippen LogP contribution in [0, 0.1) is 0 Å². The summed E-state index contributed by atoms with van der Waals surface area (Å²) in [6.07, 6.45) is 0. The van der Waals surface area contributed by atoms with Gasteiger partial charge in [-0.2, -0.15) is 0 Å². The first kappa shape index (κ1) is 13.2. The van der Waals surface area contributed by atoms with E-state index in [9.17, 15) is 0 Å². The van der Waals surface area contributed by atoms with Crippen molar-refractivity contribution in [3.8, 4) is 0 Å². The Balaban J connectivity index is 2.36. The van der Waals surface area contributed by atoms with E-state index in [0.717, 1.165) is 9.83 Å². The third-order valence-corrected chi connectivity index (χ3v) is 4.32. The number of thiazole rings is 1. The monoisotopic (exact) mass is 310 g/mol. The maximum Gasteiger partial charge on any atom is 0.183 e. The van der Waals surface area contributed by atoms with Crippen molar-refractivity contribution >= 4 is 61.5 Å². The lowest BCUT2D eigenvalue weighted by Gasteiger charge is -1.99. The molecule has 0 aliphatic carbocycles. The number of anilines is 1. The number of ether oxygens (including phenoxy) is 1. The van der Waals surface area contributed by atoms with Crippen molar-refractivity contribution in [1.82, 2.24) is 4.98 Å². The van der Waals surface area contributed by atoms with Crippen LogP contribution < -0.4 is 5.32 Å². The van der Waals surface area contributed by atoms with Gasteiger partial charge in [-0.25, -0.2) is 4.98 Å². The van der Waals surface area contributed by atoms with Crippen LogP contribution in [0.15, 0.2) is 6.07 Å². The minimum Gasteiger partial charge on any atom is -0.383 e. The number of aromatic nitrogens is 1. The number of hydrogen-bond acceptors (Lipinski definition) is 4. The fourth-order valence-electron chi connectivity index (χ4n) is 1.32. The zero-order valence-electron chi connectivity index (χ0n) is 8.89. The smallest absolute Gasteiger partial charge is 0.183 e. The van der Waals surface area contributed by atoms with Gasteiger partial charge in [-0.1, -0.05) is 46.1 Å². The first-order chi connectivity index (χ1) is 8.13. The van der Waals surface area contributed by atoms with Gasteiger partial charge in [-0.15, -0.1) is 0 Å². The first-order valence-corrected chi connectivity index (χ1v) is 6.75. The summed E-state index contributed by atoms with van der Waals surface area (Å²) in [5, 5.41) is 5.32. The molecule has 1 heterocycles. The molecule has 2 aromatic rings. The van der Waals surface area contributed by atoms with E-state index in [4.69, 9.17) is 39.5 Å². The van der Waals surface area contributed by atoms with Crippen LogP contribution in [0.2, 0.25) is 15.1 Å². The zero-order chi connectivity index (χ0) is 12.4. The van der Waals surface area contributed by atoms with Gasteiger partial charge >= 0.3 is 0 Å². The summed E-state index contributed by atoms with van der Waals surface area (Å²) in [5.41, 5.74) is 0.672. The molecule has 7 heteroatoms. The molecule has 0 bridgehead atoms. The van der Waals surface area contributed by atoms with Gasteiger partial charge in [0.1, 0.15) is 5.52 Å². The van der Waals surface area contributed by atoms with Crippen LogP contribution in [0.25, 0.3) is 10.2 Å². The van der Waals surface area contributed by atoms with Gasteiger partial charge in [0, 0.05) is 13.7 Å². The summed E-state index contributed by atoms with van der Waals surface area (Å²) in [6.45, 7) is 1.29. The normalized spacial score (nSPS) is 11.1. The van der Waals surface area contributed by atoms with Gasteiger partial charge in [0.15, 0.2) is 5.13 Å². The average Bonchev–Trinajstić information content (AvgIpc) is 2.71. The van der Waals surface area contributed by atoms with E-state index >= 15 is 0 Å². The highest BCUT2D eigenvalue weighted by molar-refractivity contribution is 7.23. The quantitative estimate of drug-likeness (QED) is 0.674. The summed E-state index contributed by atoms with van der Waals surface area (Å²) in [7, 11) is 1.65. The fourth-order valence-corrected chi connectivity index (χ4v) is 3.15. The van der Waals surface area contributed by atoms with Crippen LogP contribution in [0.3, 0.4) is 0 Å². The van der Waals surface area contributed by atoms with Gasteiger partial charge in [0.2, 0.25) is 0 Å². The van der Waals surface area contributed by atoms with E-state index in [1.54, 1.807) is 13.2 Å². The number of nitrogens with one attached hydrogen (secondary N) is 1. The molecule has 0 spiro atoms. The van der Waals surface area contributed by atoms with Gasteiger partial charge < -0.3 is 10.1 Å². The SMILES string of the molecule is COCCNc1nc2c(Cl)cc(Cl)c(Cl)c2s1. The molecule has 0 fully saturated rings. The summed E-state index contributed by atoms with van der Waals surface area (Å²) in [4.78, 5) is 4.36. The maximum absolute atomic E-state index is 6.10. The van der Waals surface area contributed by atoms with Crippen LogP contribution >= 0.6 is 46.1 Å². The molecular weight excluding hydrogens is 303 g/mol. The molecule has 1 N–H and O–H groups in total. The molecule has 2 rings (SSSR count). The lowest BCUT2D eigenvalue weighted by Crippen LogP contribution is -2.06. The highest BCUT2D eigenvalue weighted by Crippen LogP contribution is 2.40. The van der Waals surface area contributed by atoms with Crippen molar-refractivity contribution in [3.63, 3.8) is 0 Å². The van der Waals surface area contributed by atoms with Gasteiger partial charge in [0.05, 0.1) is 26.4 Å². The maximum atomic E-state index is 6.10. The molecule has 0 saturated heterocycles. The van der Waals surface area contributed by atoms with Crippen molar-refractivity contribution in [1.29, 1.82) is 0 Å². The summed E-state index contributed by atoms with van der Waals surface area (Å²) in [5.74, 6) is 0. The molecular formula is C10H9Cl3N2OS. The number of halogens is 3. The second-order valence-electron chi connectivity index (χ2n) is 3.27. The van der Waals surface area contributed by atoms with Crippen molar-refractivity contribution < 1.29 is 4.74 Å². The molecule has 0 unspecified atom stereocenters. The highest BCUT2D eigenvalue weighted by atomic mass is 35.5. The van der Waals surface area contributed by atoms with Gasteiger partial charge in [0.25, 0.3) is 0 Å². The second kappa shape index (κ2) is 5.59. The van der Waals surface area contributed by atoms with E-state index in [1.165, 1.54) is 11.3 Å². The molecule has 0 amide bonds. The van der Waals surface area contributed by atoms with E-state index in [-0.39, 0.29) is 0 Å². The topological polar surface area (TPSA) is 34.1 Å². The molecule has 3 nitrogen and oxygen atoms in total. The molecule has 17 heavy (non-hydrogen) atoms. The molecule has 0 radical (unpaired) electrons. The molecule has 0 atom stereocenters. The van der Waals surface area contributed by atoms with Crippen molar-refractivity contribution in [2.75, 3.05) is 25.6 Å². The Hall–Kier alpha value is -0.260. The van der Waals surface area contributed by atoms with Crippen molar-refractivity contribution in [2.24, 2.45) is 0 Å². The fraction of sp³-hybridized carbons (Fsp3) is 0.300. The lowest BCUT2D eigenvalue weighted by molar-refractivity contribution is 0.211. The Morgan fingerprint density at radius 1 is 1.35 bits per heavy atom. The highest BCUT2D eigenvalue weighted by Gasteiger charge is 2.13. The standard InChI is InChI=1S/C10H9Cl3N2OS/c1-16-3-2-14-10-15-8-6(12)4-5(11)7(13)9(8)17-10/h4H,2-3H2,1H3,(H,14,15). The number of benzene rings is 1. The molecule has 1 aromatic carbocycles. The Morgan fingerprint density at radius 2 is 2.12 bits per heavy atom. The predicted octanol–water partition coefficient (Wildman–Crippen LogP) is 4.31. The van der Waals surface area contributed by atoms with Crippen LogP contribution in [-0.2, 0) is 4.74 Å². The van der Waals surface area contributed by atoms with Crippen LogP contribution in [0.1, 0.15) is 0 Å². The Kier molecular flexibility index (Phi) is 4.33. The van der Waals surface area contributed by atoms with Gasteiger partial charge in [-0.05, 0) is 6.07 Å². The summed E-state index contributed by atoms with van der Waals surface area (Å²) < 4.78 is 5.74. The van der Waals surface area contributed by atoms with Crippen molar-refractivity contribution in [2.45, 2.75) is 0 Å². The summed E-state index contributed by atoms with van der Waals surface area (Å²) >= 11 is 19.5. The van der Waals surface area contributed by atoms with Crippen LogP contribution in [0.4, 0.5) is 5.13 Å². The number of nitrogens with zero attached hydrogens (tertiary/aromatic N) is 1. The zero-order valence-corrected chi connectivity index (χ0v) is 12.0. The number of fused-ring (bicyclic) bond motifs is 1. The van der Waals surface area contributed by atoms with Crippen LogP contribution in [-0.4, -0.2) is 25.2 Å². The Bertz CT molecular complexity index is 544. The molecule has 1 aromatic heterocycles. The minimum absolute atomic E-state index is 0.441. The van der Waals surface area contributed by atoms with Gasteiger partial charge in [-0.3, -0.25) is 0 Å². The largest absolute Gasteiger partial charge is 0.383 e. The number of rotatable bonds is 4. The molecule has 0 aliphatic heterocycles. The number of hydrogen-bond donors (Lipinski definition) is 1. The summed E-state index contributed by atoms with van der Waals surface area (Å²) in [6, 6.07) is 1.60. The molecule has 92 valence electrons. The average molecular weight is 312 g/mol. The van der Waals surface area contributed by atoms with Crippen molar-refractivity contribution in [3.05, 3.63) is 21.1 Å². The Labute approximate surface area is 118 Å². The van der Waals surface area contributed by atoms with E-state index in [1.807, 2.05) is 0 Å². The molecule has 0 aliphatic rings. The second-order valence-corrected chi connectivity index (χ2v) is 5.46. The van der Waals surface area contributed by atoms with Crippen LogP contribution in [0.5, 0.6) is 0 Å². The van der Waals surface area contributed by atoms with E-state index < -0.39 is 0 Å². The Morgan fingerprint density at radius 3 is 2.82 bits per heavy atom. The van der Waals surface area contributed by atoms with E-state index in [0.29, 0.717) is 33.7 Å². The lowest BCUT2D eigenvalue weighted by atomic mass is 10.3. The molecule has 0 saturated carbocycles.